The number of hydrogen-bond donors (Lipinski definition) is 2. The molecule has 140 valence electrons. The van der Waals surface area contributed by atoms with Crippen LogP contribution in [-0.4, -0.2) is 54.4 Å². The molecule has 2 saturated heterocycles. The van der Waals surface area contributed by atoms with Crippen molar-refractivity contribution in [3.05, 3.63) is 29.8 Å². The van der Waals surface area contributed by atoms with E-state index >= 15 is 0 Å². The van der Waals surface area contributed by atoms with E-state index in [1.165, 1.54) is 4.90 Å². The molecule has 2 N–H and O–H groups in total. The van der Waals surface area contributed by atoms with Crippen molar-refractivity contribution in [3.8, 4) is 5.75 Å². The molecule has 2 aliphatic heterocycles. The number of carbonyl (C=O) groups excluding carboxylic acids is 3. The number of hydrogen-bond acceptors (Lipinski definition) is 5. The standard InChI is InChI=1S/C19H25N3O4/c1-14-2-4-15(5-3-14)26-19(8-10-20-11-9-19)18(25)21-12-13-22-16(23)6-7-17(22)24/h2-5,20H,6-13H2,1H3,(H,21,25). The van der Waals surface area contributed by atoms with Gasteiger partial charge in [0, 0.05) is 38.8 Å². The van der Waals surface area contributed by atoms with Crippen molar-refractivity contribution in [3.63, 3.8) is 0 Å². The lowest BCUT2D eigenvalue weighted by atomic mass is 9.91. The van der Waals surface area contributed by atoms with Crippen LogP contribution in [0.3, 0.4) is 0 Å². The first kappa shape index (κ1) is 18.4. The molecule has 0 bridgehead atoms. The molecule has 0 spiro atoms. The molecule has 7 nitrogen and oxygen atoms in total. The summed E-state index contributed by atoms with van der Waals surface area (Å²) in [6.45, 7) is 3.84. The number of amides is 3. The number of likely N-dealkylation sites (tertiary alicyclic amines) is 1. The van der Waals surface area contributed by atoms with Crippen molar-refractivity contribution in [1.82, 2.24) is 15.5 Å². The highest BCUT2D eigenvalue weighted by molar-refractivity contribution is 6.01. The van der Waals surface area contributed by atoms with Gasteiger partial charge in [-0.15, -0.1) is 0 Å². The van der Waals surface area contributed by atoms with Crippen molar-refractivity contribution >= 4 is 17.7 Å². The quantitative estimate of drug-likeness (QED) is 0.732. The zero-order chi connectivity index (χ0) is 18.6. The SMILES string of the molecule is Cc1ccc(OC2(C(=O)NCCN3C(=O)CCC3=O)CCNCC2)cc1. The zero-order valence-corrected chi connectivity index (χ0v) is 15.0. The second-order valence-electron chi connectivity index (χ2n) is 6.85. The number of imide groups is 1. The van der Waals surface area contributed by atoms with Crippen LogP contribution in [0.1, 0.15) is 31.2 Å². The van der Waals surface area contributed by atoms with Crippen LogP contribution in [0.4, 0.5) is 0 Å². The molecule has 26 heavy (non-hydrogen) atoms. The average molecular weight is 359 g/mol. The van der Waals surface area contributed by atoms with E-state index in [2.05, 4.69) is 10.6 Å². The minimum absolute atomic E-state index is 0.170. The first-order chi connectivity index (χ1) is 12.5. The molecule has 0 saturated carbocycles. The lowest BCUT2D eigenvalue weighted by Gasteiger charge is -2.36. The monoisotopic (exact) mass is 359 g/mol. The average Bonchev–Trinajstić information content (AvgIpc) is 2.96. The Balaban J connectivity index is 1.62. The Bertz CT molecular complexity index is 665. The van der Waals surface area contributed by atoms with Crippen LogP contribution in [0.15, 0.2) is 24.3 Å². The maximum absolute atomic E-state index is 12.9. The number of nitrogens with zero attached hydrogens (tertiary/aromatic N) is 1. The fourth-order valence-electron chi connectivity index (χ4n) is 3.35. The van der Waals surface area contributed by atoms with Gasteiger partial charge in [-0.2, -0.15) is 0 Å². The summed E-state index contributed by atoms with van der Waals surface area (Å²) in [5.41, 5.74) is 0.195. The Morgan fingerprint density at radius 3 is 2.38 bits per heavy atom. The van der Waals surface area contributed by atoms with Gasteiger partial charge in [0.05, 0.1) is 0 Å². The molecule has 0 radical (unpaired) electrons. The van der Waals surface area contributed by atoms with Gasteiger partial charge >= 0.3 is 0 Å². The fourth-order valence-corrected chi connectivity index (χ4v) is 3.35. The molecule has 1 aromatic carbocycles. The predicted molar refractivity (Wildman–Crippen MR) is 95.6 cm³/mol. The summed E-state index contributed by atoms with van der Waals surface area (Å²) < 4.78 is 6.12. The predicted octanol–water partition coefficient (Wildman–Crippen LogP) is 0.761. The molecule has 7 heteroatoms. The van der Waals surface area contributed by atoms with E-state index in [1.54, 1.807) is 0 Å². The van der Waals surface area contributed by atoms with Gasteiger partial charge in [-0.25, -0.2) is 0 Å². The summed E-state index contributed by atoms with van der Waals surface area (Å²) in [4.78, 5) is 37.4. The fraction of sp³-hybridized carbons (Fsp3) is 0.526. The number of nitrogens with one attached hydrogen (secondary N) is 2. The smallest absolute Gasteiger partial charge is 0.264 e. The van der Waals surface area contributed by atoms with Crippen LogP contribution < -0.4 is 15.4 Å². The molecule has 2 heterocycles. The number of benzene rings is 1. The van der Waals surface area contributed by atoms with Gasteiger partial charge in [-0.1, -0.05) is 17.7 Å². The summed E-state index contributed by atoms with van der Waals surface area (Å²) >= 11 is 0. The second kappa shape index (κ2) is 7.86. The van der Waals surface area contributed by atoms with Crippen molar-refractivity contribution in [2.24, 2.45) is 0 Å². The third-order valence-electron chi connectivity index (χ3n) is 4.94. The summed E-state index contributed by atoms with van der Waals surface area (Å²) in [7, 11) is 0. The molecule has 0 aliphatic carbocycles. The van der Waals surface area contributed by atoms with Crippen molar-refractivity contribution in [2.45, 2.75) is 38.2 Å². The molecule has 0 atom stereocenters. The Morgan fingerprint density at radius 1 is 1.15 bits per heavy atom. The number of aryl methyl sites for hydroxylation is 1. The second-order valence-corrected chi connectivity index (χ2v) is 6.85. The van der Waals surface area contributed by atoms with Crippen molar-refractivity contribution < 1.29 is 19.1 Å². The highest BCUT2D eigenvalue weighted by Crippen LogP contribution is 2.27. The van der Waals surface area contributed by atoms with Gasteiger partial charge in [0.25, 0.3) is 5.91 Å². The molecule has 0 unspecified atom stereocenters. The van der Waals surface area contributed by atoms with E-state index in [0.29, 0.717) is 31.7 Å². The van der Waals surface area contributed by atoms with E-state index in [-0.39, 0.29) is 43.7 Å². The number of rotatable bonds is 6. The van der Waals surface area contributed by atoms with Crippen LogP contribution in [-0.2, 0) is 14.4 Å². The lowest BCUT2D eigenvalue weighted by Crippen LogP contribution is -2.57. The highest BCUT2D eigenvalue weighted by atomic mass is 16.5. The maximum Gasteiger partial charge on any atom is 0.264 e. The topological polar surface area (TPSA) is 87.7 Å². The third kappa shape index (κ3) is 4.04. The molecule has 0 aromatic heterocycles. The Hall–Kier alpha value is -2.41. The summed E-state index contributed by atoms with van der Waals surface area (Å²) in [5.74, 6) is 0.129. The normalized spacial score (nSPS) is 19.5. The Labute approximate surface area is 153 Å². The number of carbonyl (C=O) groups is 3. The molecule has 1 aromatic rings. The maximum atomic E-state index is 12.9. The molecule has 3 rings (SSSR count). The van der Waals surface area contributed by atoms with Crippen LogP contribution in [0.25, 0.3) is 0 Å². The molecular formula is C19H25N3O4. The van der Waals surface area contributed by atoms with Crippen LogP contribution in [0.5, 0.6) is 5.75 Å². The first-order valence-electron chi connectivity index (χ1n) is 9.08. The minimum Gasteiger partial charge on any atom is -0.477 e. The largest absolute Gasteiger partial charge is 0.477 e. The van der Waals surface area contributed by atoms with Crippen LogP contribution in [0.2, 0.25) is 0 Å². The van der Waals surface area contributed by atoms with E-state index < -0.39 is 5.60 Å². The number of ether oxygens (including phenoxy) is 1. The highest BCUT2D eigenvalue weighted by Gasteiger charge is 2.42. The van der Waals surface area contributed by atoms with Gasteiger partial charge in [0.2, 0.25) is 11.8 Å². The van der Waals surface area contributed by atoms with E-state index in [9.17, 15) is 14.4 Å². The number of piperidine rings is 1. The van der Waals surface area contributed by atoms with E-state index in [1.807, 2.05) is 31.2 Å². The van der Waals surface area contributed by atoms with Gasteiger partial charge in [-0.05, 0) is 32.1 Å². The van der Waals surface area contributed by atoms with Gasteiger partial charge in [-0.3, -0.25) is 19.3 Å². The molecule has 2 fully saturated rings. The third-order valence-corrected chi connectivity index (χ3v) is 4.94. The molecule has 3 amide bonds. The molecular weight excluding hydrogens is 334 g/mol. The lowest BCUT2D eigenvalue weighted by molar-refractivity contribution is -0.141. The minimum atomic E-state index is -0.931. The first-order valence-corrected chi connectivity index (χ1v) is 9.08. The van der Waals surface area contributed by atoms with Gasteiger partial charge < -0.3 is 15.4 Å². The van der Waals surface area contributed by atoms with Gasteiger partial charge in [0.15, 0.2) is 5.60 Å². The van der Waals surface area contributed by atoms with Crippen LogP contribution in [0, 0.1) is 6.92 Å². The summed E-state index contributed by atoms with van der Waals surface area (Å²) in [5, 5.41) is 6.10. The zero-order valence-electron chi connectivity index (χ0n) is 15.0. The van der Waals surface area contributed by atoms with E-state index in [4.69, 9.17) is 4.74 Å². The summed E-state index contributed by atoms with van der Waals surface area (Å²) in [6.07, 6.45) is 1.65. The summed E-state index contributed by atoms with van der Waals surface area (Å²) in [6, 6.07) is 7.64. The van der Waals surface area contributed by atoms with E-state index in [0.717, 1.165) is 5.56 Å². The Kier molecular flexibility index (Phi) is 5.56. The van der Waals surface area contributed by atoms with Gasteiger partial charge in [0.1, 0.15) is 5.75 Å². The van der Waals surface area contributed by atoms with Crippen LogP contribution >= 0.6 is 0 Å². The molecule has 2 aliphatic rings. The van der Waals surface area contributed by atoms with Crippen molar-refractivity contribution in [1.29, 1.82) is 0 Å². The van der Waals surface area contributed by atoms with Crippen molar-refractivity contribution in [2.75, 3.05) is 26.2 Å². The Morgan fingerprint density at radius 2 is 1.77 bits per heavy atom.